The zero-order chi connectivity index (χ0) is 20.4. The van der Waals surface area contributed by atoms with Crippen LogP contribution in [-0.4, -0.2) is 38.6 Å². The van der Waals surface area contributed by atoms with Crippen molar-refractivity contribution in [3.8, 4) is 11.5 Å². The first-order chi connectivity index (χ1) is 13.9. The largest absolute Gasteiger partial charge is 0.491 e. The van der Waals surface area contributed by atoms with Gasteiger partial charge in [-0.05, 0) is 35.4 Å². The van der Waals surface area contributed by atoms with Gasteiger partial charge < -0.3 is 18.9 Å². The van der Waals surface area contributed by atoms with E-state index in [2.05, 4.69) is 76.2 Å². The van der Waals surface area contributed by atoms with Gasteiger partial charge in [-0.2, -0.15) is 0 Å². The van der Waals surface area contributed by atoms with Crippen LogP contribution in [0.25, 0.3) is 0 Å². The van der Waals surface area contributed by atoms with Gasteiger partial charge >= 0.3 is 0 Å². The molecule has 0 radical (unpaired) electrons. The zero-order valence-electron chi connectivity index (χ0n) is 17.9. The van der Waals surface area contributed by atoms with Crippen LogP contribution in [0.15, 0.2) is 48.5 Å². The van der Waals surface area contributed by atoms with E-state index < -0.39 is 0 Å². The summed E-state index contributed by atoms with van der Waals surface area (Å²) >= 11 is 0. The molecule has 156 valence electrons. The summed E-state index contributed by atoms with van der Waals surface area (Å²) in [5, 5.41) is 0. The predicted molar refractivity (Wildman–Crippen MR) is 114 cm³/mol. The Balaban J connectivity index is 1.35. The molecular formula is C25H32O4. The van der Waals surface area contributed by atoms with Crippen molar-refractivity contribution in [2.75, 3.05) is 26.4 Å². The maximum Gasteiger partial charge on any atom is 0.119 e. The predicted octanol–water partition coefficient (Wildman–Crippen LogP) is 4.84. The molecule has 2 aromatic rings. The number of hydrogen-bond acceptors (Lipinski definition) is 4. The average Bonchev–Trinajstić information content (AvgIpc) is 2.72. The Hall–Kier alpha value is -2.04. The van der Waals surface area contributed by atoms with Crippen molar-refractivity contribution in [2.24, 2.45) is 11.8 Å². The van der Waals surface area contributed by atoms with Gasteiger partial charge in [0.15, 0.2) is 0 Å². The Morgan fingerprint density at radius 2 is 1.10 bits per heavy atom. The van der Waals surface area contributed by atoms with E-state index >= 15 is 0 Å². The van der Waals surface area contributed by atoms with Crippen molar-refractivity contribution in [3.05, 3.63) is 59.7 Å². The van der Waals surface area contributed by atoms with Gasteiger partial charge in [-0.15, -0.1) is 0 Å². The van der Waals surface area contributed by atoms with Gasteiger partial charge in [0.25, 0.3) is 0 Å². The quantitative estimate of drug-likeness (QED) is 0.640. The maximum absolute atomic E-state index is 5.89. The lowest BCUT2D eigenvalue weighted by Gasteiger charge is -2.34. The molecule has 2 aliphatic heterocycles. The average molecular weight is 397 g/mol. The van der Waals surface area contributed by atoms with Crippen molar-refractivity contribution in [1.82, 2.24) is 0 Å². The molecule has 2 aromatic carbocycles. The fourth-order valence-corrected chi connectivity index (χ4v) is 3.73. The Labute approximate surface area is 174 Å². The molecule has 2 aliphatic rings. The Bertz CT molecular complexity index is 729. The van der Waals surface area contributed by atoms with Gasteiger partial charge in [0.05, 0.1) is 25.4 Å². The highest BCUT2D eigenvalue weighted by Crippen LogP contribution is 2.33. The SMILES string of the molecule is CC1COC1COc1ccc(C(C)(C)c2ccc(OCC3OCC3C)cc2)cc1. The van der Waals surface area contributed by atoms with Gasteiger partial charge in [-0.3, -0.25) is 0 Å². The lowest BCUT2D eigenvalue weighted by Crippen LogP contribution is -2.41. The molecule has 4 atom stereocenters. The summed E-state index contributed by atoms with van der Waals surface area (Å²) < 4.78 is 22.8. The summed E-state index contributed by atoms with van der Waals surface area (Å²) in [4.78, 5) is 0. The number of ether oxygens (including phenoxy) is 4. The monoisotopic (exact) mass is 396 g/mol. The molecule has 2 heterocycles. The first-order valence-electron chi connectivity index (χ1n) is 10.6. The molecule has 4 rings (SSSR count). The van der Waals surface area contributed by atoms with Gasteiger partial charge in [0.1, 0.15) is 24.7 Å². The molecular weight excluding hydrogens is 364 g/mol. The van der Waals surface area contributed by atoms with Crippen molar-refractivity contribution < 1.29 is 18.9 Å². The van der Waals surface area contributed by atoms with Gasteiger partial charge in [-0.25, -0.2) is 0 Å². The van der Waals surface area contributed by atoms with Gasteiger partial charge in [0.2, 0.25) is 0 Å². The van der Waals surface area contributed by atoms with Crippen molar-refractivity contribution in [1.29, 1.82) is 0 Å². The second kappa shape index (κ2) is 8.37. The minimum Gasteiger partial charge on any atom is -0.491 e. The van der Waals surface area contributed by atoms with E-state index in [9.17, 15) is 0 Å². The standard InChI is InChI=1S/C25H32O4/c1-17-13-28-23(17)15-26-21-9-5-19(6-10-21)25(3,4)20-7-11-22(12-8-20)27-16-24-18(2)14-29-24/h5-12,17-18,23-24H,13-16H2,1-4H3. The molecule has 0 spiro atoms. The van der Waals surface area contributed by atoms with Gasteiger partial charge in [0, 0.05) is 17.3 Å². The summed E-state index contributed by atoms with van der Waals surface area (Å²) in [7, 11) is 0. The molecule has 2 fully saturated rings. The molecule has 0 N–H and O–H groups in total. The Morgan fingerprint density at radius 3 is 1.38 bits per heavy atom. The highest BCUT2D eigenvalue weighted by Gasteiger charge is 2.29. The first kappa shape index (κ1) is 20.2. The summed E-state index contributed by atoms with van der Waals surface area (Å²) in [5.74, 6) is 2.96. The molecule has 2 saturated heterocycles. The molecule has 29 heavy (non-hydrogen) atoms. The van der Waals surface area contributed by atoms with E-state index in [0.29, 0.717) is 25.0 Å². The maximum atomic E-state index is 5.89. The highest BCUT2D eigenvalue weighted by molar-refractivity contribution is 5.41. The van der Waals surface area contributed by atoms with Crippen LogP contribution in [0.2, 0.25) is 0 Å². The zero-order valence-corrected chi connectivity index (χ0v) is 17.9. The normalized spacial score (nSPS) is 26.3. The summed E-state index contributed by atoms with van der Waals surface area (Å²) in [5.41, 5.74) is 2.40. The smallest absolute Gasteiger partial charge is 0.119 e. The van der Waals surface area contributed by atoms with Crippen LogP contribution in [0.4, 0.5) is 0 Å². The summed E-state index contributed by atoms with van der Waals surface area (Å²) in [6.07, 6.45) is 0.455. The second-order valence-corrected chi connectivity index (χ2v) is 8.99. The van der Waals surface area contributed by atoms with Crippen LogP contribution >= 0.6 is 0 Å². The molecule has 0 amide bonds. The fourth-order valence-electron chi connectivity index (χ4n) is 3.73. The van der Waals surface area contributed by atoms with E-state index in [4.69, 9.17) is 18.9 Å². The molecule has 0 bridgehead atoms. The van der Waals surface area contributed by atoms with Crippen LogP contribution in [0, 0.1) is 11.8 Å². The van der Waals surface area contributed by atoms with Crippen molar-refractivity contribution >= 4 is 0 Å². The number of rotatable bonds is 8. The Morgan fingerprint density at radius 1 is 0.724 bits per heavy atom. The molecule has 4 nitrogen and oxygen atoms in total. The first-order valence-corrected chi connectivity index (χ1v) is 10.6. The van der Waals surface area contributed by atoms with E-state index in [1.165, 1.54) is 11.1 Å². The summed E-state index contributed by atoms with van der Waals surface area (Å²) in [6.45, 7) is 11.8. The van der Waals surface area contributed by atoms with Gasteiger partial charge in [-0.1, -0.05) is 52.0 Å². The highest BCUT2D eigenvalue weighted by atomic mass is 16.6. The van der Waals surface area contributed by atoms with Crippen molar-refractivity contribution in [2.45, 2.75) is 45.3 Å². The fraction of sp³-hybridized carbons (Fsp3) is 0.520. The third-order valence-corrected chi connectivity index (χ3v) is 6.40. The van der Waals surface area contributed by atoms with E-state index in [-0.39, 0.29) is 17.6 Å². The lowest BCUT2D eigenvalue weighted by molar-refractivity contribution is -0.123. The van der Waals surface area contributed by atoms with Crippen LogP contribution in [0.3, 0.4) is 0 Å². The third kappa shape index (κ3) is 4.44. The molecule has 0 aromatic heterocycles. The van der Waals surface area contributed by atoms with E-state index in [1.807, 2.05) is 0 Å². The third-order valence-electron chi connectivity index (χ3n) is 6.40. The molecule has 0 aliphatic carbocycles. The second-order valence-electron chi connectivity index (χ2n) is 8.99. The van der Waals surface area contributed by atoms with Crippen LogP contribution < -0.4 is 9.47 Å². The van der Waals surface area contributed by atoms with Crippen LogP contribution in [-0.2, 0) is 14.9 Å². The molecule has 4 unspecified atom stereocenters. The minimum absolute atomic E-state index is 0.103. The Kier molecular flexibility index (Phi) is 5.84. The number of benzene rings is 2. The van der Waals surface area contributed by atoms with Crippen LogP contribution in [0.1, 0.15) is 38.8 Å². The van der Waals surface area contributed by atoms with E-state index in [0.717, 1.165) is 24.7 Å². The lowest BCUT2D eigenvalue weighted by atomic mass is 9.78. The van der Waals surface area contributed by atoms with Crippen LogP contribution in [0.5, 0.6) is 11.5 Å². The summed E-state index contributed by atoms with van der Waals surface area (Å²) in [6, 6.07) is 16.8. The number of hydrogen-bond donors (Lipinski definition) is 0. The van der Waals surface area contributed by atoms with Crippen molar-refractivity contribution in [3.63, 3.8) is 0 Å². The topological polar surface area (TPSA) is 36.9 Å². The molecule has 4 heteroatoms. The minimum atomic E-state index is -0.103. The molecule has 0 saturated carbocycles. The van der Waals surface area contributed by atoms with E-state index in [1.54, 1.807) is 0 Å².